The zero-order valence-electron chi connectivity index (χ0n) is 20.1. The van der Waals surface area contributed by atoms with Gasteiger partial charge in [-0.2, -0.15) is 0 Å². The first-order valence-electron chi connectivity index (χ1n) is 12.4. The summed E-state index contributed by atoms with van der Waals surface area (Å²) >= 11 is 5.96. The molecule has 8 unspecified atom stereocenters. The lowest BCUT2D eigenvalue weighted by Gasteiger charge is -2.37. The predicted octanol–water partition coefficient (Wildman–Crippen LogP) is 3.56. The highest BCUT2D eigenvalue weighted by atomic mass is 35.5. The maximum Gasteiger partial charge on any atom is 0.246 e. The molecule has 3 fully saturated rings. The molecule has 8 atom stereocenters. The number of carbonyl (C=O) groups excluding carboxylic acids is 3. The zero-order chi connectivity index (χ0) is 24.9. The Morgan fingerprint density at radius 1 is 1.23 bits per heavy atom. The van der Waals surface area contributed by atoms with E-state index in [0.717, 1.165) is 19.3 Å². The minimum atomic E-state index is -1.17. The van der Waals surface area contributed by atoms with Crippen LogP contribution in [-0.4, -0.2) is 53.0 Å². The third-order valence-corrected chi connectivity index (χ3v) is 8.65. The van der Waals surface area contributed by atoms with E-state index in [0.29, 0.717) is 22.5 Å². The third kappa shape index (κ3) is 3.89. The van der Waals surface area contributed by atoms with Gasteiger partial charge in [0.1, 0.15) is 11.6 Å². The van der Waals surface area contributed by atoms with Gasteiger partial charge in [0.05, 0.1) is 17.9 Å². The quantitative estimate of drug-likeness (QED) is 0.588. The Hall–Kier alpha value is -2.64. The molecule has 1 aliphatic carbocycles. The number of carbonyl (C=O) groups is 3. The molecule has 2 bridgehead atoms. The first kappa shape index (κ1) is 24.1. The van der Waals surface area contributed by atoms with Crippen molar-refractivity contribution in [3.8, 4) is 0 Å². The summed E-state index contributed by atoms with van der Waals surface area (Å²) in [5.74, 6) is -1.42. The molecule has 35 heavy (non-hydrogen) atoms. The van der Waals surface area contributed by atoms with Crippen LogP contribution in [0.5, 0.6) is 0 Å². The van der Waals surface area contributed by atoms with Crippen molar-refractivity contribution in [3.05, 3.63) is 54.1 Å². The molecule has 0 aromatic heterocycles. The van der Waals surface area contributed by atoms with Crippen LogP contribution in [0.3, 0.4) is 0 Å². The Labute approximate surface area is 210 Å². The maximum absolute atomic E-state index is 13.8. The average molecular weight is 498 g/mol. The van der Waals surface area contributed by atoms with E-state index < -0.39 is 29.6 Å². The molecule has 8 heteroatoms. The van der Waals surface area contributed by atoms with Crippen molar-refractivity contribution in [1.29, 1.82) is 0 Å². The van der Waals surface area contributed by atoms with E-state index in [1.54, 1.807) is 30.3 Å². The topological polar surface area (TPSA) is 87.7 Å². The van der Waals surface area contributed by atoms with Gasteiger partial charge in [-0.1, -0.05) is 56.5 Å². The molecule has 4 aliphatic rings. The lowest BCUT2D eigenvalue weighted by molar-refractivity contribution is -0.141. The highest BCUT2D eigenvalue weighted by molar-refractivity contribution is 6.30. The fourth-order valence-electron chi connectivity index (χ4n) is 6.41. The highest BCUT2D eigenvalue weighted by Crippen LogP contribution is 2.55. The number of fused-ring (bicyclic) bond motifs is 1. The van der Waals surface area contributed by atoms with Crippen LogP contribution in [-0.2, 0) is 19.1 Å². The number of nitrogens with zero attached hydrogens (tertiary/aromatic N) is 1. The standard InChI is InChI=1S/C27H32ClN3O4/c1-4-14-31-23(25(33)30-19-7-5-6-15(2)16(19)3)27-13-12-20(35-27)21(22(27)26(31)34)24(32)29-18-10-8-17(28)9-11-18/h4,8-13,15-16,19-23H,1,5-7,14H2,2-3H3,(H,29,32)(H,30,33). The van der Waals surface area contributed by atoms with Crippen LogP contribution in [0.1, 0.15) is 33.1 Å². The van der Waals surface area contributed by atoms with Crippen LogP contribution < -0.4 is 10.6 Å². The molecule has 3 aliphatic heterocycles. The van der Waals surface area contributed by atoms with Gasteiger partial charge in [0.15, 0.2) is 0 Å². The number of hydrogen-bond donors (Lipinski definition) is 2. The van der Waals surface area contributed by atoms with E-state index in [1.807, 2.05) is 12.2 Å². The number of amides is 3. The van der Waals surface area contributed by atoms with Gasteiger partial charge in [-0.05, 0) is 42.5 Å². The molecule has 186 valence electrons. The SMILES string of the molecule is C=CCN1C(=O)C2C(C(=O)Nc3ccc(Cl)cc3)C3C=CC2(O3)C1C(=O)NC1CCCC(C)C1C. The molecule has 2 saturated heterocycles. The molecular weight excluding hydrogens is 466 g/mol. The molecule has 2 N–H and O–H groups in total. The largest absolute Gasteiger partial charge is 0.359 e. The number of halogens is 1. The number of likely N-dealkylation sites (tertiary alicyclic amines) is 1. The van der Waals surface area contributed by atoms with Gasteiger partial charge in [0.25, 0.3) is 0 Å². The minimum Gasteiger partial charge on any atom is -0.359 e. The molecule has 1 saturated carbocycles. The molecule has 3 amide bonds. The third-order valence-electron chi connectivity index (χ3n) is 8.40. The lowest BCUT2D eigenvalue weighted by atomic mass is 9.73. The average Bonchev–Trinajstić information content (AvgIpc) is 3.46. The van der Waals surface area contributed by atoms with E-state index >= 15 is 0 Å². The molecular formula is C27H32ClN3O4. The summed E-state index contributed by atoms with van der Waals surface area (Å²) in [6.07, 6.45) is 7.83. The van der Waals surface area contributed by atoms with E-state index in [9.17, 15) is 14.4 Å². The van der Waals surface area contributed by atoms with E-state index in [2.05, 4.69) is 31.1 Å². The summed E-state index contributed by atoms with van der Waals surface area (Å²) in [5.41, 5.74) is -0.580. The Morgan fingerprint density at radius 2 is 1.97 bits per heavy atom. The second kappa shape index (κ2) is 9.10. The van der Waals surface area contributed by atoms with Crippen LogP contribution in [0.15, 0.2) is 49.1 Å². The first-order valence-corrected chi connectivity index (χ1v) is 12.8. The lowest BCUT2D eigenvalue weighted by Crippen LogP contribution is -2.57. The molecule has 1 aromatic carbocycles. The molecule has 1 aromatic rings. The van der Waals surface area contributed by atoms with Crippen LogP contribution in [0, 0.1) is 23.7 Å². The van der Waals surface area contributed by atoms with Crippen LogP contribution >= 0.6 is 11.6 Å². The van der Waals surface area contributed by atoms with E-state index in [-0.39, 0.29) is 30.3 Å². The van der Waals surface area contributed by atoms with Crippen molar-refractivity contribution >= 4 is 35.0 Å². The van der Waals surface area contributed by atoms with Gasteiger partial charge in [-0.3, -0.25) is 14.4 Å². The van der Waals surface area contributed by atoms with Crippen LogP contribution in [0.25, 0.3) is 0 Å². The van der Waals surface area contributed by atoms with Gasteiger partial charge >= 0.3 is 0 Å². The van der Waals surface area contributed by atoms with Crippen molar-refractivity contribution in [1.82, 2.24) is 10.2 Å². The molecule has 0 radical (unpaired) electrons. The van der Waals surface area contributed by atoms with Crippen molar-refractivity contribution in [2.45, 2.75) is 56.9 Å². The number of hydrogen-bond acceptors (Lipinski definition) is 4. The van der Waals surface area contributed by atoms with Gasteiger partial charge in [0, 0.05) is 23.3 Å². The second-order valence-corrected chi connectivity index (χ2v) is 10.8. The van der Waals surface area contributed by atoms with Gasteiger partial charge in [0.2, 0.25) is 17.7 Å². The molecule has 1 spiro atoms. The minimum absolute atomic E-state index is 0.0500. The summed E-state index contributed by atoms with van der Waals surface area (Å²) in [6.45, 7) is 8.38. The highest BCUT2D eigenvalue weighted by Gasteiger charge is 2.72. The summed E-state index contributed by atoms with van der Waals surface area (Å²) in [4.78, 5) is 42.3. The molecule has 7 nitrogen and oxygen atoms in total. The first-order chi connectivity index (χ1) is 16.8. The fourth-order valence-corrected chi connectivity index (χ4v) is 6.54. The van der Waals surface area contributed by atoms with Crippen LogP contribution in [0.4, 0.5) is 5.69 Å². The van der Waals surface area contributed by atoms with Crippen molar-refractivity contribution in [2.75, 3.05) is 11.9 Å². The van der Waals surface area contributed by atoms with Crippen molar-refractivity contribution in [2.24, 2.45) is 23.7 Å². The second-order valence-electron chi connectivity index (χ2n) is 10.4. The Balaban J connectivity index is 1.42. The van der Waals surface area contributed by atoms with E-state index in [1.165, 1.54) is 4.90 Å². The zero-order valence-corrected chi connectivity index (χ0v) is 20.8. The summed E-state index contributed by atoms with van der Waals surface area (Å²) in [6, 6.07) is 6.00. The number of ether oxygens (including phenoxy) is 1. The van der Waals surface area contributed by atoms with Gasteiger partial charge < -0.3 is 20.3 Å². The predicted molar refractivity (Wildman–Crippen MR) is 134 cm³/mol. The summed E-state index contributed by atoms with van der Waals surface area (Å²) in [5, 5.41) is 6.69. The monoisotopic (exact) mass is 497 g/mol. The number of rotatable bonds is 6. The Kier molecular flexibility index (Phi) is 6.26. The van der Waals surface area contributed by atoms with Crippen LogP contribution in [0.2, 0.25) is 5.02 Å². The summed E-state index contributed by atoms with van der Waals surface area (Å²) in [7, 11) is 0. The number of nitrogens with one attached hydrogen (secondary N) is 2. The fraction of sp³-hybridized carbons (Fsp3) is 0.519. The Morgan fingerprint density at radius 3 is 2.69 bits per heavy atom. The smallest absolute Gasteiger partial charge is 0.246 e. The maximum atomic E-state index is 13.8. The van der Waals surface area contributed by atoms with Crippen molar-refractivity contribution < 1.29 is 19.1 Å². The number of benzene rings is 1. The van der Waals surface area contributed by atoms with Gasteiger partial charge in [-0.25, -0.2) is 0 Å². The van der Waals surface area contributed by atoms with Gasteiger partial charge in [-0.15, -0.1) is 6.58 Å². The molecule has 3 heterocycles. The normalized spacial score (nSPS) is 37.3. The molecule has 5 rings (SSSR count). The Bertz CT molecular complexity index is 1070. The number of anilines is 1. The summed E-state index contributed by atoms with van der Waals surface area (Å²) < 4.78 is 6.34. The van der Waals surface area contributed by atoms with E-state index in [4.69, 9.17) is 16.3 Å². The van der Waals surface area contributed by atoms with Crippen molar-refractivity contribution in [3.63, 3.8) is 0 Å².